The van der Waals surface area contributed by atoms with Gasteiger partial charge in [0.05, 0.1) is 12.7 Å². The van der Waals surface area contributed by atoms with Gasteiger partial charge in [-0.05, 0) is 36.4 Å². The zero-order valence-corrected chi connectivity index (χ0v) is 18.1. The monoisotopic (exact) mass is 479 g/mol. The highest BCUT2D eigenvalue weighted by atomic mass is 79.9. The van der Waals surface area contributed by atoms with Gasteiger partial charge in [-0.1, -0.05) is 51.5 Å². The number of rotatable bonds is 4. The number of methoxy groups -OCH3 is 1. The van der Waals surface area contributed by atoms with Gasteiger partial charge in [0.2, 0.25) is 4.96 Å². The maximum absolute atomic E-state index is 12.8. The molecule has 0 radical (unpaired) electrons. The van der Waals surface area contributed by atoms with Crippen molar-refractivity contribution in [3.8, 4) is 28.5 Å². The van der Waals surface area contributed by atoms with Crippen LogP contribution in [-0.4, -0.2) is 21.7 Å². The van der Waals surface area contributed by atoms with Crippen molar-refractivity contribution in [3.63, 3.8) is 0 Å². The molecule has 3 heterocycles. The van der Waals surface area contributed by atoms with Crippen LogP contribution in [0.25, 0.3) is 33.7 Å². The van der Waals surface area contributed by atoms with Crippen LogP contribution in [0.1, 0.15) is 5.76 Å². The first kappa shape index (κ1) is 18.8. The number of para-hydroxylation sites is 1. The van der Waals surface area contributed by atoms with Crippen LogP contribution in [0.5, 0.6) is 5.75 Å². The molecule has 0 aliphatic heterocycles. The van der Waals surface area contributed by atoms with E-state index in [9.17, 15) is 4.79 Å². The Balaban J connectivity index is 1.52. The van der Waals surface area contributed by atoms with Crippen LogP contribution in [0.2, 0.25) is 0 Å². The second kappa shape index (κ2) is 7.55. The average molecular weight is 480 g/mol. The Hall–Kier alpha value is -3.23. The van der Waals surface area contributed by atoms with E-state index < -0.39 is 0 Å². The first-order valence-electron chi connectivity index (χ1n) is 9.03. The van der Waals surface area contributed by atoms with E-state index in [4.69, 9.17) is 9.15 Å². The summed E-state index contributed by atoms with van der Waals surface area (Å²) in [5, 5.41) is 4.38. The van der Waals surface area contributed by atoms with E-state index in [-0.39, 0.29) is 5.56 Å². The van der Waals surface area contributed by atoms with E-state index in [0.717, 1.165) is 21.4 Å². The van der Waals surface area contributed by atoms with E-state index in [1.165, 1.54) is 15.9 Å². The number of nitrogens with zero attached hydrogens (tertiary/aromatic N) is 3. The molecule has 148 valence electrons. The van der Waals surface area contributed by atoms with Crippen molar-refractivity contribution in [2.24, 2.45) is 0 Å². The number of thiazole rings is 1. The number of hydrogen-bond donors (Lipinski definition) is 0. The summed E-state index contributed by atoms with van der Waals surface area (Å²) in [6, 6.07) is 19.0. The van der Waals surface area contributed by atoms with Crippen molar-refractivity contribution >= 4 is 38.3 Å². The maximum Gasteiger partial charge on any atom is 0.291 e. The molecule has 0 atom stereocenters. The standard InChI is InChI=1S/C22H14BrN3O3S/c1-28-18-5-3-2-4-16(18)20-24-22-26(25-20)21(27)19(30-22)12-15-10-11-17(29-15)13-6-8-14(23)9-7-13/h2-12H,1H3/b19-12-. The van der Waals surface area contributed by atoms with Gasteiger partial charge >= 0.3 is 0 Å². The van der Waals surface area contributed by atoms with Gasteiger partial charge in [0.15, 0.2) is 5.82 Å². The number of fused-ring (bicyclic) bond motifs is 1. The quantitative estimate of drug-likeness (QED) is 0.382. The van der Waals surface area contributed by atoms with Crippen LogP contribution in [0.3, 0.4) is 0 Å². The summed E-state index contributed by atoms with van der Waals surface area (Å²) in [4.78, 5) is 17.8. The van der Waals surface area contributed by atoms with Crippen molar-refractivity contribution < 1.29 is 9.15 Å². The number of hydrogen-bond acceptors (Lipinski definition) is 6. The minimum absolute atomic E-state index is 0.231. The van der Waals surface area contributed by atoms with Gasteiger partial charge in [0.25, 0.3) is 5.56 Å². The Morgan fingerprint density at radius 1 is 1.10 bits per heavy atom. The summed E-state index contributed by atoms with van der Waals surface area (Å²) < 4.78 is 14.1. The number of ether oxygens (including phenoxy) is 1. The molecule has 3 aromatic heterocycles. The Morgan fingerprint density at radius 2 is 1.90 bits per heavy atom. The Kier molecular flexibility index (Phi) is 4.72. The third-order valence-corrected chi connectivity index (χ3v) is 6.05. The number of aromatic nitrogens is 3. The van der Waals surface area contributed by atoms with Crippen molar-refractivity contribution in [3.05, 3.63) is 85.8 Å². The minimum atomic E-state index is -0.231. The largest absolute Gasteiger partial charge is 0.496 e. The van der Waals surface area contributed by atoms with Crippen LogP contribution < -0.4 is 14.8 Å². The molecule has 0 bridgehead atoms. The second-order valence-electron chi connectivity index (χ2n) is 6.45. The zero-order valence-electron chi connectivity index (χ0n) is 15.7. The normalized spacial score (nSPS) is 12.0. The molecule has 8 heteroatoms. The molecule has 5 aromatic rings. The van der Waals surface area contributed by atoms with Crippen LogP contribution in [-0.2, 0) is 0 Å². The van der Waals surface area contributed by atoms with Gasteiger partial charge in [-0.3, -0.25) is 4.79 Å². The van der Waals surface area contributed by atoms with E-state index in [1.54, 1.807) is 13.2 Å². The van der Waals surface area contributed by atoms with E-state index in [0.29, 0.717) is 26.8 Å². The molecule has 0 aliphatic carbocycles. The summed E-state index contributed by atoms with van der Waals surface area (Å²) in [6.07, 6.45) is 1.72. The summed E-state index contributed by atoms with van der Waals surface area (Å²) >= 11 is 4.69. The molecule has 6 nitrogen and oxygen atoms in total. The van der Waals surface area contributed by atoms with Crippen molar-refractivity contribution in [1.29, 1.82) is 0 Å². The number of halogens is 1. The topological polar surface area (TPSA) is 69.6 Å². The van der Waals surface area contributed by atoms with E-state index in [2.05, 4.69) is 26.0 Å². The van der Waals surface area contributed by atoms with Crippen molar-refractivity contribution in [1.82, 2.24) is 14.6 Å². The van der Waals surface area contributed by atoms with E-state index >= 15 is 0 Å². The molecule has 2 aromatic carbocycles. The summed E-state index contributed by atoms with van der Waals surface area (Å²) in [7, 11) is 1.59. The summed E-state index contributed by atoms with van der Waals surface area (Å²) in [6.45, 7) is 0. The molecule has 5 rings (SSSR count). The van der Waals surface area contributed by atoms with Gasteiger partial charge in [-0.2, -0.15) is 9.50 Å². The van der Waals surface area contributed by atoms with Crippen LogP contribution in [0.15, 0.2) is 74.3 Å². The molecule has 0 amide bonds. The third kappa shape index (κ3) is 3.34. The van der Waals surface area contributed by atoms with Crippen LogP contribution in [0.4, 0.5) is 0 Å². The molecule has 0 unspecified atom stereocenters. The Morgan fingerprint density at radius 3 is 2.67 bits per heavy atom. The summed E-state index contributed by atoms with van der Waals surface area (Å²) in [5.74, 6) is 2.45. The molecule has 0 fully saturated rings. The molecule has 0 saturated heterocycles. The molecule has 0 N–H and O–H groups in total. The van der Waals surface area contributed by atoms with Crippen molar-refractivity contribution in [2.75, 3.05) is 7.11 Å². The summed E-state index contributed by atoms with van der Waals surface area (Å²) in [5.41, 5.74) is 1.47. The SMILES string of the molecule is COc1ccccc1-c1nc2s/c(=C\c3ccc(-c4ccc(Br)cc4)o3)c(=O)n2n1. The van der Waals surface area contributed by atoms with Gasteiger partial charge in [-0.15, -0.1) is 5.10 Å². The highest BCUT2D eigenvalue weighted by Gasteiger charge is 2.15. The predicted molar refractivity (Wildman–Crippen MR) is 120 cm³/mol. The fourth-order valence-electron chi connectivity index (χ4n) is 3.11. The lowest BCUT2D eigenvalue weighted by Crippen LogP contribution is -2.23. The van der Waals surface area contributed by atoms with Gasteiger partial charge in [0.1, 0.15) is 21.8 Å². The first-order valence-corrected chi connectivity index (χ1v) is 10.6. The lowest BCUT2D eigenvalue weighted by atomic mass is 10.2. The minimum Gasteiger partial charge on any atom is -0.496 e. The van der Waals surface area contributed by atoms with Crippen LogP contribution in [0, 0.1) is 0 Å². The zero-order chi connectivity index (χ0) is 20.7. The fraction of sp³-hybridized carbons (Fsp3) is 0.0455. The lowest BCUT2D eigenvalue weighted by molar-refractivity contribution is 0.416. The Labute approximate surface area is 183 Å². The lowest BCUT2D eigenvalue weighted by Gasteiger charge is -2.03. The van der Waals surface area contributed by atoms with Crippen molar-refractivity contribution in [2.45, 2.75) is 0 Å². The molecule has 30 heavy (non-hydrogen) atoms. The maximum atomic E-state index is 12.8. The van der Waals surface area contributed by atoms with E-state index in [1.807, 2.05) is 60.7 Å². The molecule has 0 spiro atoms. The molecule has 0 saturated carbocycles. The predicted octanol–water partition coefficient (Wildman–Crippen LogP) is 4.40. The highest BCUT2D eigenvalue weighted by molar-refractivity contribution is 9.10. The average Bonchev–Trinajstić information content (AvgIpc) is 3.46. The van der Waals surface area contributed by atoms with Gasteiger partial charge in [0, 0.05) is 16.1 Å². The number of benzene rings is 2. The fourth-order valence-corrected chi connectivity index (χ4v) is 4.26. The first-order chi connectivity index (χ1) is 14.6. The molecular weight excluding hydrogens is 466 g/mol. The van der Waals surface area contributed by atoms with Gasteiger partial charge < -0.3 is 9.15 Å². The molecular formula is C22H14BrN3O3S. The molecule has 0 aliphatic rings. The Bertz CT molecular complexity index is 1470. The second-order valence-corrected chi connectivity index (χ2v) is 8.38. The number of furan rings is 1. The third-order valence-electron chi connectivity index (χ3n) is 4.56. The highest BCUT2D eigenvalue weighted by Crippen LogP contribution is 2.27. The van der Waals surface area contributed by atoms with Crippen LogP contribution >= 0.6 is 27.3 Å². The van der Waals surface area contributed by atoms with Gasteiger partial charge in [-0.25, -0.2) is 0 Å². The smallest absolute Gasteiger partial charge is 0.291 e.